The van der Waals surface area contributed by atoms with Gasteiger partial charge in [0.25, 0.3) is 5.91 Å². The highest BCUT2D eigenvalue weighted by Gasteiger charge is 2.23. The summed E-state index contributed by atoms with van der Waals surface area (Å²) in [7, 11) is 0. The van der Waals surface area contributed by atoms with Gasteiger partial charge in [0.2, 0.25) is 17.6 Å². The van der Waals surface area contributed by atoms with Crippen LogP contribution in [0.2, 0.25) is 0 Å². The molecular formula is C22H22N4O4. The Kier molecular flexibility index (Phi) is 6.94. The Morgan fingerprint density at radius 3 is 2.33 bits per heavy atom. The van der Waals surface area contributed by atoms with E-state index in [2.05, 4.69) is 15.8 Å². The van der Waals surface area contributed by atoms with Crippen LogP contribution < -0.4 is 16.4 Å². The molecule has 0 saturated heterocycles. The van der Waals surface area contributed by atoms with Crippen molar-refractivity contribution in [1.82, 2.24) is 15.8 Å². The zero-order chi connectivity index (χ0) is 21.3. The summed E-state index contributed by atoms with van der Waals surface area (Å²) in [5.41, 5.74) is 7.72. The van der Waals surface area contributed by atoms with Crippen molar-refractivity contribution in [2.45, 2.75) is 25.4 Å². The van der Waals surface area contributed by atoms with Crippen molar-refractivity contribution in [1.29, 1.82) is 0 Å². The summed E-state index contributed by atoms with van der Waals surface area (Å²) < 4.78 is 4.87. The maximum Gasteiger partial charge on any atom is 0.290 e. The average molecular weight is 406 g/mol. The first-order valence-corrected chi connectivity index (χ1v) is 9.41. The summed E-state index contributed by atoms with van der Waals surface area (Å²) in [6.07, 6.45) is 1.74. The number of carbonyl (C=O) groups is 3. The lowest BCUT2D eigenvalue weighted by Gasteiger charge is -2.18. The number of primary amides is 1. The molecule has 4 N–H and O–H groups in total. The maximum atomic E-state index is 12.9. The molecule has 8 heteroatoms. The summed E-state index contributed by atoms with van der Waals surface area (Å²) in [5, 5.41) is 9.04. The zero-order valence-corrected chi connectivity index (χ0v) is 16.2. The standard InChI is InChI=1S/C22H22N4O4/c23-20(27)13-16-8-4-5-9-17(16)14-24-21(28)18(12-15-6-2-1-3-7-15)26-22(29)19-10-11-25-30-19/h1-11,18H,12-14H2,(H2,23,27)(H,24,28)(H,26,29)/t18-/m0/s1. The molecule has 2 aromatic carbocycles. The topological polar surface area (TPSA) is 127 Å². The molecule has 0 fully saturated rings. The van der Waals surface area contributed by atoms with Crippen molar-refractivity contribution >= 4 is 17.7 Å². The van der Waals surface area contributed by atoms with Gasteiger partial charge in [0.1, 0.15) is 6.04 Å². The van der Waals surface area contributed by atoms with E-state index in [-0.39, 0.29) is 24.6 Å². The molecule has 1 heterocycles. The third-order valence-electron chi connectivity index (χ3n) is 4.50. The smallest absolute Gasteiger partial charge is 0.290 e. The first kappa shape index (κ1) is 20.8. The lowest BCUT2D eigenvalue weighted by Crippen LogP contribution is -2.47. The minimum absolute atomic E-state index is 0.0210. The largest absolute Gasteiger partial charge is 0.369 e. The van der Waals surface area contributed by atoms with Crippen LogP contribution in [0.15, 0.2) is 71.4 Å². The molecule has 3 rings (SSSR count). The Balaban J connectivity index is 1.71. The zero-order valence-electron chi connectivity index (χ0n) is 16.2. The first-order valence-electron chi connectivity index (χ1n) is 9.41. The SMILES string of the molecule is NC(=O)Cc1ccccc1CNC(=O)[C@H](Cc1ccccc1)NC(=O)c1ccno1. The van der Waals surface area contributed by atoms with E-state index < -0.39 is 17.9 Å². The van der Waals surface area contributed by atoms with E-state index in [1.165, 1.54) is 12.3 Å². The molecule has 154 valence electrons. The summed E-state index contributed by atoms with van der Waals surface area (Å²) >= 11 is 0. The average Bonchev–Trinajstić information content (AvgIpc) is 3.28. The maximum absolute atomic E-state index is 12.9. The van der Waals surface area contributed by atoms with Crippen LogP contribution in [0.5, 0.6) is 0 Å². The number of benzene rings is 2. The molecular weight excluding hydrogens is 384 g/mol. The lowest BCUT2D eigenvalue weighted by atomic mass is 10.0. The summed E-state index contributed by atoms with van der Waals surface area (Å²) in [5.74, 6) is -1.32. The van der Waals surface area contributed by atoms with E-state index in [0.29, 0.717) is 6.42 Å². The van der Waals surface area contributed by atoms with E-state index in [1.807, 2.05) is 42.5 Å². The van der Waals surface area contributed by atoms with Gasteiger partial charge in [0.15, 0.2) is 0 Å². The van der Waals surface area contributed by atoms with E-state index in [4.69, 9.17) is 10.3 Å². The second-order valence-corrected chi connectivity index (χ2v) is 6.72. The van der Waals surface area contributed by atoms with Crippen molar-refractivity contribution < 1.29 is 18.9 Å². The molecule has 30 heavy (non-hydrogen) atoms. The van der Waals surface area contributed by atoms with Gasteiger partial charge in [-0.25, -0.2) is 0 Å². The summed E-state index contributed by atoms with van der Waals surface area (Å²) in [4.78, 5) is 36.6. The van der Waals surface area contributed by atoms with Gasteiger partial charge in [-0.2, -0.15) is 0 Å². The fourth-order valence-electron chi connectivity index (χ4n) is 3.02. The highest BCUT2D eigenvalue weighted by atomic mass is 16.5. The molecule has 0 bridgehead atoms. The molecule has 1 atom stereocenters. The molecule has 0 aliphatic carbocycles. The number of nitrogens with two attached hydrogens (primary N) is 1. The minimum atomic E-state index is -0.826. The Bertz CT molecular complexity index is 1000. The molecule has 0 spiro atoms. The van der Waals surface area contributed by atoms with Gasteiger partial charge in [-0.05, 0) is 16.7 Å². The van der Waals surface area contributed by atoms with E-state index in [9.17, 15) is 14.4 Å². The lowest BCUT2D eigenvalue weighted by molar-refractivity contribution is -0.123. The van der Waals surface area contributed by atoms with Crippen LogP contribution in [-0.4, -0.2) is 28.9 Å². The number of hydrogen-bond acceptors (Lipinski definition) is 5. The number of amides is 3. The van der Waals surface area contributed by atoms with Crippen molar-refractivity contribution in [3.8, 4) is 0 Å². The van der Waals surface area contributed by atoms with Gasteiger partial charge in [0, 0.05) is 19.0 Å². The molecule has 8 nitrogen and oxygen atoms in total. The highest BCUT2D eigenvalue weighted by Crippen LogP contribution is 2.10. The number of carbonyl (C=O) groups excluding carboxylic acids is 3. The van der Waals surface area contributed by atoms with Gasteiger partial charge < -0.3 is 20.9 Å². The number of rotatable bonds is 9. The van der Waals surface area contributed by atoms with Crippen LogP contribution in [0, 0.1) is 0 Å². The van der Waals surface area contributed by atoms with Gasteiger partial charge >= 0.3 is 0 Å². The Morgan fingerprint density at radius 2 is 1.67 bits per heavy atom. The third kappa shape index (κ3) is 5.78. The fourth-order valence-corrected chi connectivity index (χ4v) is 3.02. The van der Waals surface area contributed by atoms with Crippen LogP contribution in [0.4, 0.5) is 0 Å². The van der Waals surface area contributed by atoms with Gasteiger partial charge in [0.05, 0.1) is 12.6 Å². The number of aromatic nitrogens is 1. The van der Waals surface area contributed by atoms with Crippen molar-refractivity contribution in [2.75, 3.05) is 0 Å². The van der Waals surface area contributed by atoms with E-state index in [1.54, 1.807) is 12.1 Å². The fraction of sp³-hybridized carbons (Fsp3) is 0.182. The van der Waals surface area contributed by atoms with Crippen LogP contribution in [-0.2, 0) is 29.0 Å². The van der Waals surface area contributed by atoms with Gasteiger partial charge in [-0.1, -0.05) is 59.8 Å². The van der Waals surface area contributed by atoms with E-state index in [0.717, 1.165) is 16.7 Å². The quantitative estimate of drug-likeness (QED) is 0.494. The first-order chi connectivity index (χ1) is 14.5. The van der Waals surface area contributed by atoms with Crippen molar-refractivity contribution in [2.24, 2.45) is 5.73 Å². The van der Waals surface area contributed by atoms with Crippen molar-refractivity contribution in [3.05, 3.63) is 89.3 Å². The number of nitrogens with zero attached hydrogens (tertiary/aromatic N) is 1. The van der Waals surface area contributed by atoms with Crippen LogP contribution in [0.1, 0.15) is 27.2 Å². The molecule has 0 aliphatic rings. The van der Waals surface area contributed by atoms with Crippen molar-refractivity contribution in [3.63, 3.8) is 0 Å². The van der Waals surface area contributed by atoms with Crippen LogP contribution in [0.25, 0.3) is 0 Å². The number of nitrogens with one attached hydrogen (secondary N) is 2. The monoisotopic (exact) mass is 406 g/mol. The molecule has 0 saturated carbocycles. The third-order valence-corrected chi connectivity index (χ3v) is 4.50. The highest BCUT2D eigenvalue weighted by molar-refractivity contribution is 5.95. The molecule has 1 aromatic heterocycles. The molecule has 0 radical (unpaired) electrons. The second kappa shape index (κ2) is 10.0. The number of hydrogen-bond donors (Lipinski definition) is 3. The molecule has 0 aliphatic heterocycles. The van der Waals surface area contributed by atoms with Gasteiger partial charge in [-0.15, -0.1) is 0 Å². The molecule has 3 aromatic rings. The Morgan fingerprint density at radius 1 is 0.967 bits per heavy atom. The summed E-state index contributed by atoms with van der Waals surface area (Å²) in [6.45, 7) is 0.200. The minimum Gasteiger partial charge on any atom is -0.369 e. The van der Waals surface area contributed by atoms with Gasteiger partial charge in [-0.3, -0.25) is 14.4 Å². The second-order valence-electron chi connectivity index (χ2n) is 6.72. The summed E-state index contributed by atoms with van der Waals surface area (Å²) in [6, 6.07) is 17.2. The van der Waals surface area contributed by atoms with E-state index >= 15 is 0 Å². The molecule has 0 unspecified atom stereocenters. The Labute approximate surface area is 173 Å². The Hall–Kier alpha value is -3.94. The van der Waals surface area contributed by atoms with Crippen LogP contribution in [0.3, 0.4) is 0 Å². The normalized spacial score (nSPS) is 11.5. The van der Waals surface area contributed by atoms with Crippen LogP contribution >= 0.6 is 0 Å². The predicted molar refractivity (Wildman–Crippen MR) is 109 cm³/mol. The predicted octanol–water partition coefficient (Wildman–Crippen LogP) is 1.36. The molecule has 3 amide bonds.